The lowest BCUT2D eigenvalue weighted by atomic mass is 9.93. The number of aliphatic imine (C=N–C) groups is 1. The standard InChI is InChI=1S/C17H18N4O4/c1-22-11-7-5-6-10(12(11)23-2)13-15(8-18)14(20)21-17(24-3,25-4)16(13,15)9-19/h5-7,13H,1-4H3,(H2,20,21)/t13-,15-,16-/m1/s1. The average molecular weight is 342 g/mol. The number of nitrogens with two attached hydrogens (primary N) is 1. The molecule has 8 heteroatoms. The molecule has 0 bridgehead atoms. The summed E-state index contributed by atoms with van der Waals surface area (Å²) in [5, 5.41) is 20.0. The first-order valence-corrected chi connectivity index (χ1v) is 7.49. The Balaban J connectivity index is 2.30. The molecule has 1 aliphatic heterocycles. The Morgan fingerprint density at radius 1 is 1.08 bits per heavy atom. The number of ether oxygens (including phenoxy) is 4. The summed E-state index contributed by atoms with van der Waals surface area (Å²) >= 11 is 0. The van der Waals surface area contributed by atoms with Crippen molar-refractivity contribution in [3.05, 3.63) is 23.8 Å². The molecule has 0 unspecified atom stereocenters. The van der Waals surface area contributed by atoms with Gasteiger partial charge in [-0.25, -0.2) is 4.99 Å². The Morgan fingerprint density at radius 3 is 2.24 bits per heavy atom. The van der Waals surface area contributed by atoms with Crippen LogP contribution in [0.3, 0.4) is 0 Å². The summed E-state index contributed by atoms with van der Waals surface area (Å²) in [5.41, 5.74) is 3.90. The number of methoxy groups -OCH3 is 4. The number of nitriles is 2. The van der Waals surface area contributed by atoms with Crippen molar-refractivity contribution in [2.24, 2.45) is 21.6 Å². The molecule has 3 atom stereocenters. The molecule has 0 radical (unpaired) electrons. The van der Waals surface area contributed by atoms with Crippen molar-refractivity contribution < 1.29 is 18.9 Å². The minimum Gasteiger partial charge on any atom is -0.493 e. The first-order valence-electron chi connectivity index (χ1n) is 7.49. The molecule has 130 valence electrons. The summed E-state index contributed by atoms with van der Waals surface area (Å²) in [4.78, 5) is 4.18. The molecule has 0 aromatic heterocycles. The number of amidine groups is 1. The molecule has 3 rings (SSSR count). The van der Waals surface area contributed by atoms with Crippen LogP contribution in [0, 0.1) is 33.5 Å². The van der Waals surface area contributed by atoms with Crippen LogP contribution < -0.4 is 15.2 Å². The van der Waals surface area contributed by atoms with Gasteiger partial charge in [0.05, 0.1) is 26.4 Å². The summed E-state index contributed by atoms with van der Waals surface area (Å²) in [7, 11) is 5.74. The highest BCUT2D eigenvalue weighted by molar-refractivity contribution is 6.00. The SMILES string of the molecule is COc1cccc([C@@H]2[C@]3(C#N)C(N)=NC(OC)(OC)[C@]23C#N)c1OC. The monoisotopic (exact) mass is 342 g/mol. The van der Waals surface area contributed by atoms with Gasteiger partial charge in [-0.05, 0) is 6.07 Å². The van der Waals surface area contributed by atoms with E-state index in [-0.39, 0.29) is 5.84 Å². The molecule has 0 amide bonds. The van der Waals surface area contributed by atoms with Gasteiger partial charge in [-0.3, -0.25) is 0 Å². The van der Waals surface area contributed by atoms with Gasteiger partial charge in [-0.15, -0.1) is 0 Å². The molecule has 1 aliphatic carbocycles. The molecular formula is C17H18N4O4. The zero-order valence-electron chi connectivity index (χ0n) is 14.4. The van der Waals surface area contributed by atoms with E-state index in [0.29, 0.717) is 17.1 Å². The van der Waals surface area contributed by atoms with Crippen molar-refractivity contribution in [2.75, 3.05) is 28.4 Å². The van der Waals surface area contributed by atoms with Gasteiger partial charge in [-0.2, -0.15) is 10.5 Å². The number of fused-ring (bicyclic) bond motifs is 1. The van der Waals surface area contributed by atoms with Crippen LogP contribution in [0.25, 0.3) is 0 Å². The van der Waals surface area contributed by atoms with Crippen LogP contribution in [0.4, 0.5) is 0 Å². The zero-order chi connectivity index (χ0) is 18.5. The van der Waals surface area contributed by atoms with Gasteiger partial charge >= 0.3 is 0 Å². The highest BCUT2D eigenvalue weighted by Gasteiger charge is 2.94. The van der Waals surface area contributed by atoms with Crippen LogP contribution in [0.1, 0.15) is 11.5 Å². The number of hydrogen-bond acceptors (Lipinski definition) is 8. The van der Waals surface area contributed by atoms with E-state index in [1.807, 2.05) is 0 Å². The molecular weight excluding hydrogens is 324 g/mol. The lowest BCUT2D eigenvalue weighted by Crippen LogP contribution is -2.41. The van der Waals surface area contributed by atoms with Gasteiger partial charge in [-0.1, -0.05) is 12.1 Å². The fourth-order valence-electron chi connectivity index (χ4n) is 4.13. The Hall–Kier alpha value is -2.81. The molecule has 0 spiro atoms. The minimum atomic E-state index is -1.67. The van der Waals surface area contributed by atoms with E-state index in [0.717, 1.165) is 0 Å². The van der Waals surface area contributed by atoms with Gasteiger partial charge in [0.25, 0.3) is 5.91 Å². The van der Waals surface area contributed by atoms with Crippen LogP contribution in [-0.4, -0.2) is 40.2 Å². The fourth-order valence-corrected chi connectivity index (χ4v) is 4.13. The Morgan fingerprint density at radius 2 is 1.76 bits per heavy atom. The average Bonchev–Trinajstić information content (AvgIpc) is 3.22. The lowest BCUT2D eigenvalue weighted by molar-refractivity contribution is -0.230. The summed E-state index contributed by atoms with van der Waals surface area (Å²) in [6.07, 6.45) is 0. The molecule has 1 fully saturated rings. The third-order valence-corrected chi connectivity index (χ3v) is 5.23. The number of benzene rings is 1. The third-order valence-electron chi connectivity index (χ3n) is 5.23. The van der Waals surface area contributed by atoms with E-state index in [4.69, 9.17) is 24.7 Å². The highest BCUT2D eigenvalue weighted by atomic mass is 16.7. The molecule has 2 aliphatic rings. The van der Waals surface area contributed by atoms with Crippen molar-refractivity contribution in [3.8, 4) is 23.6 Å². The van der Waals surface area contributed by atoms with Gasteiger partial charge in [0, 0.05) is 25.7 Å². The molecule has 25 heavy (non-hydrogen) atoms. The van der Waals surface area contributed by atoms with E-state index in [1.165, 1.54) is 28.4 Å². The zero-order valence-corrected chi connectivity index (χ0v) is 14.4. The predicted molar refractivity (Wildman–Crippen MR) is 86.8 cm³/mol. The molecule has 1 saturated carbocycles. The number of nitrogens with zero attached hydrogens (tertiary/aromatic N) is 3. The Kier molecular flexibility index (Phi) is 3.64. The first kappa shape index (κ1) is 17.0. The summed E-state index contributed by atoms with van der Waals surface area (Å²) in [6, 6.07) is 9.65. The van der Waals surface area contributed by atoms with E-state index in [9.17, 15) is 10.5 Å². The van der Waals surface area contributed by atoms with Crippen molar-refractivity contribution in [2.45, 2.75) is 11.8 Å². The number of hydrogen-bond donors (Lipinski definition) is 1. The maximum absolute atomic E-state index is 10.0. The van der Waals surface area contributed by atoms with Gasteiger partial charge < -0.3 is 24.7 Å². The second kappa shape index (κ2) is 5.35. The molecule has 1 aromatic carbocycles. The maximum atomic E-state index is 10.0. The Labute approximate surface area is 145 Å². The normalized spacial score (nSPS) is 31.3. The predicted octanol–water partition coefficient (Wildman–Crippen LogP) is 1.14. The fraction of sp³-hybridized carbons (Fsp3) is 0.471. The Bertz CT molecular complexity index is 836. The first-order chi connectivity index (χ1) is 12.0. The van der Waals surface area contributed by atoms with E-state index in [2.05, 4.69) is 17.1 Å². The summed E-state index contributed by atoms with van der Waals surface area (Å²) < 4.78 is 21.7. The van der Waals surface area contributed by atoms with Crippen molar-refractivity contribution in [3.63, 3.8) is 0 Å². The number of rotatable bonds is 5. The van der Waals surface area contributed by atoms with Crippen LogP contribution >= 0.6 is 0 Å². The van der Waals surface area contributed by atoms with Crippen molar-refractivity contribution >= 4 is 5.84 Å². The number of para-hydroxylation sites is 1. The van der Waals surface area contributed by atoms with E-state index >= 15 is 0 Å². The second-order valence-corrected chi connectivity index (χ2v) is 5.84. The summed E-state index contributed by atoms with van der Waals surface area (Å²) in [5.74, 6) is -1.38. The molecule has 2 N–H and O–H groups in total. The smallest absolute Gasteiger partial charge is 0.292 e. The van der Waals surface area contributed by atoms with Crippen molar-refractivity contribution in [1.82, 2.24) is 0 Å². The molecule has 1 heterocycles. The maximum Gasteiger partial charge on any atom is 0.292 e. The van der Waals surface area contributed by atoms with E-state index in [1.54, 1.807) is 18.2 Å². The molecule has 8 nitrogen and oxygen atoms in total. The lowest BCUT2D eigenvalue weighted by Gasteiger charge is -2.29. The minimum absolute atomic E-state index is 0.00937. The van der Waals surface area contributed by atoms with Gasteiger partial charge in [0.2, 0.25) is 0 Å². The van der Waals surface area contributed by atoms with Crippen LogP contribution in [0.5, 0.6) is 11.5 Å². The summed E-state index contributed by atoms with van der Waals surface area (Å²) in [6.45, 7) is 0. The van der Waals surface area contributed by atoms with Gasteiger partial charge in [0.1, 0.15) is 11.3 Å². The van der Waals surface area contributed by atoms with Crippen molar-refractivity contribution in [1.29, 1.82) is 10.5 Å². The van der Waals surface area contributed by atoms with Crippen LogP contribution in [-0.2, 0) is 9.47 Å². The second-order valence-electron chi connectivity index (χ2n) is 5.84. The quantitative estimate of drug-likeness (QED) is 0.796. The molecule has 0 saturated heterocycles. The highest BCUT2D eigenvalue weighted by Crippen LogP contribution is 2.82. The topological polar surface area (TPSA) is 123 Å². The van der Waals surface area contributed by atoms with Crippen LogP contribution in [0.2, 0.25) is 0 Å². The van der Waals surface area contributed by atoms with Gasteiger partial charge in [0.15, 0.2) is 16.9 Å². The molecule has 1 aromatic rings. The van der Waals surface area contributed by atoms with E-state index < -0.39 is 22.7 Å². The third kappa shape index (κ3) is 1.58. The largest absolute Gasteiger partial charge is 0.493 e. The van der Waals surface area contributed by atoms with Crippen LogP contribution in [0.15, 0.2) is 23.2 Å².